The Kier molecular flexibility index (Phi) is 4.62. The number of nitrogens with two attached hydrogens (primary N) is 1. The number of carbonyl (C=O) groups is 1. The number of amides is 1. The summed E-state index contributed by atoms with van der Waals surface area (Å²) >= 11 is 0. The molecule has 1 aliphatic heterocycles. The number of nitrogens with zero attached hydrogens (tertiary/aromatic N) is 1. The maximum Gasteiger partial charge on any atom is 0.552 e. The third-order valence-corrected chi connectivity index (χ3v) is 4.58. The van der Waals surface area contributed by atoms with Crippen LogP contribution in [0.1, 0.15) is 17.0 Å². The number of hydrogen-bond acceptors (Lipinski definition) is 5. The topological polar surface area (TPSA) is 97.5 Å². The van der Waals surface area contributed by atoms with Gasteiger partial charge in [-0.3, -0.25) is 9.78 Å². The molecule has 0 radical (unpaired) electrons. The Labute approximate surface area is 156 Å². The summed E-state index contributed by atoms with van der Waals surface area (Å²) in [6, 6.07) is 13.0. The first-order chi connectivity index (χ1) is 13.1. The lowest BCUT2D eigenvalue weighted by Gasteiger charge is -2.19. The molecule has 1 unspecified atom stereocenters. The smallest absolute Gasteiger partial charge is 0.532 e. The molecular weight excluding hydrogens is 341 g/mol. The third-order valence-electron chi connectivity index (χ3n) is 4.58. The largest absolute Gasteiger partial charge is 0.552 e. The summed E-state index contributed by atoms with van der Waals surface area (Å²) in [6.07, 6.45) is 5.27. The van der Waals surface area contributed by atoms with Gasteiger partial charge in [-0.15, -0.1) is 0 Å². The quantitative estimate of drug-likeness (QED) is 0.622. The number of fused-ring (bicyclic) bond motifs is 2. The number of rotatable bonds is 4. The van der Waals surface area contributed by atoms with Crippen molar-refractivity contribution >= 4 is 35.6 Å². The average molecular weight is 359 g/mol. The van der Waals surface area contributed by atoms with Crippen molar-refractivity contribution in [3.63, 3.8) is 0 Å². The van der Waals surface area contributed by atoms with E-state index in [1.165, 1.54) is 0 Å². The molecule has 7 heteroatoms. The Hall–Kier alpha value is -3.16. The van der Waals surface area contributed by atoms with Crippen LogP contribution in [0.2, 0.25) is 0 Å². The summed E-state index contributed by atoms with van der Waals surface area (Å²) < 4.78 is 5.33. The molecule has 2 heterocycles. The highest BCUT2D eigenvalue weighted by Crippen LogP contribution is 2.29. The lowest BCUT2D eigenvalue weighted by Crippen LogP contribution is -2.28. The summed E-state index contributed by atoms with van der Waals surface area (Å²) in [4.78, 5) is 16.9. The molecule has 1 aliphatic rings. The Morgan fingerprint density at radius 2 is 2.11 bits per heavy atom. The van der Waals surface area contributed by atoms with Gasteiger partial charge in [0.25, 0.3) is 0 Å². The fourth-order valence-electron chi connectivity index (χ4n) is 3.16. The minimum absolute atomic E-state index is 0.174. The molecule has 0 bridgehead atoms. The van der Waals surface area contributed by atoms with Gasteiger partial charge in [0.05, 0.1) is 5.92 Å². The van der Waals surface area contributed by atoms with Gasteiger partial charge in [-0.05, 0) is 47.3 Å². The Morgan fingerprint density at radius 3 is 2.96 bits per heavy atom. The molecular formula is C20H18BN3O3. The number of carbonyl (C=O) groups excluding carboxylic acids is 1. The van der Waals surface area contributed by atoms with Crippen molar-refractivity contribution in [2.45, 2.75) is 5.92 Å². The van der Waals surface area contributed by atoms with Gasteiger partial charge < -0.3 is 20.7 Å². The number of aromatic nitrogens is 1. The molecule has 1 atom stereocenters. The molecule has 134 valence electrons. The van der Waals surface area contributed by atoms with Crippen molar-refractivity contribution < 1.29 is 14.5 Å². The zero-order valence-electron chi connectivity index (χ0n) is 14.5. The van der Waals surface area contributed by atoms with Crippen LogP contribution in [-0.2, 0) is 4.79 Å². The minimum Gasteiger partial charge on any atom is -0.532 e. The zero-order valence-corrected chi connectivity index (χ0v) is 14.5. The standard InChI is InChI=1S/C20H18BN3O3/c22-11-18(14-2-4-19-15(9-14)5-7-21(26)27-19)20(25)24-17-3-1-16-12-23-8-6-13(16)10-17/h1-10,12,18,26H,11,22H2,(H,24,25). The molecule has 0 fully saturated rings. The molecule has 0 saturated carbocycles. The molecule has 3 aromatic rings. The van der Waals surface area contributed by atoms with E-state index < -0.39 is 13.0 Å². The van der Waals surface area contributed by atoms with E-state index in [1.807, 2.05) is 30.3 Å². The normalized spacial score (nSPS) is 13.8. The van der Waals surface area contributed by atoms with Crippen LogP contribution in [0.15, 0.2) is 60.8 Å². The second-order valence-electron chi connectivity index (χ2n) is 6.38. The number of anilines is 1. The average Bonchev–Trinajstić information content (AvgIpc) is 2.68. The van der Waals surface area contributed by atoms with Crippen molar-refractivity contribution in [2.75, 3.05) is 11.9 Å². The fourth-order valence-corrected chi connectivity index (χ4v) is 3.16. The molecule has 2 aromatic carbocycles. The molecule has 0 spiro atoms. The highest BCUT2D eigenvalue weighted by atomic mass is 16.5. The summed E-state index contributed by atoms with van der Waals surface area (Å²) in [5, 5.41) is 14.5. The number of benzene rings is 2. The van der Waals surface area contributed by atoms with E-state index in [1.54, 1.807) is 36.6 Å². The van der Waals surface area contributed by atoms with Crippen LogP contribution in [0, 0.1) is 0 Å². The van der Waals surface area contributed by atoms with Crippen LogP contribution < -0.4 is 15.7 Å². The first kappa shape index (κ1) is 17.3. The Bertz CT molecular complexity index is 1040. The minimum atomic E-state index is -0.944. The monoisotopic (exact) mass is 359 g/mol. The SMILES string of the molecule is NCC(C(=O)Nc1ccc2cnccc2c1)c1ccc2c(c1)C=CB(O)O2. The molecule has 0 saturated heterocycles. The molecule has 0 aliphatic carbocycles. The second-order valence-corrected chi connectivity index (χ2v) is 6.38. The van der Waals surface area contributed by atoms with Crippen LogP contribution in [0.25, 0.3) is 16.8 Å². The van der Waals surface area contributed by atoms with Gasteiger partial charge in [0.15, 0.2) is 0 Å². The van der Waals surface area contributed by atoms with Crippen LogP contribution in [0.4, 0.5) is 5.69 Å². The molecule has 27 heavy (non-hydrogen) atoms. The Morgan fingerprint density at radius 1 is 1.22 bits per heavy atom. The van der Waals surface area contributed by atoms with E-state index in [9.17, 15) is 9.82 Å². The summed E-state index contributed by atoms with van der Waals surface area (Å²) in [6.45, 7) is 0.176. The van der Waals surface area contributed by atoms with Gasteiger partial charge >= 0.3 is 7.12 Å². The van der Waals surface area contributed by atoms with Gasteiger partial charge in [0.1, 0.15) is 5.75 Å². The van der Waals surface area contributed by atoms with Crippen LogP contribution in [-0.4, -0.2) is 29.6 Å². The lowest BCUT2D eigenvalue weighted by atomic mass is 9.85. The number of hydrogen-bond donors (Lipinski definition) is 3. The maximum atomic E-state index is 12.8. The van der Waals surface area contributed by atoms with Crippen LogP contribution in [0.3, 0.4) is 0 Å². The van der Waals surface area contributed by atoms with Crippen LogP contribution in [0.5, 0.6) is 5.75 Å². The Balaban J connectivity index is 1.57. The highest BCUT2D eigenvalue weighted by molar-refractivity contribution is 6.51. The molecule has 4 rings (SSSR count). The zero-order chi connectivity index (χ0) is 18.8. The summed E-state index contributed by atoms with van der Waals surface area (Å²) in [7, 11) is -0.944. The van der Waals surface area contributed by atoms with Crippen molar-refractivity contribution in [3.8, 4) is 5.75 Å². The van der Waals surface area contributed by atoms with Crippen LogP contribution >= 0.6 is 0 Å². The van der Waals surface area contributed by atoms with Gasteiger partial charge in [-0.25, -0.2) is 0 Å². The number of nitrogens with one attached hydrogen (secondary N) is 1. The third kappa shape index (κ3) is 3.55. The summed E-state index contributed by atoms with van der Waals surface area (Å²) in [5.74, 6) is 1.46. The van der Waals surface area contributed by atoms with E-state index in [2.05, 4.69) is 10.3 Å². The van der Waals surface area contributed by atoms with Gasteiger partial charge in [-0.2, -0.15) is 0 Å². The summed E-state index contributed by atoms with van der Waals surface area (Å²) in [5.41, 5.74) is 8.20. The van der Waals surface area contributed by atoms with E-state index in [0.29, 0.717) is 11.4 Å². The fraction of sp³-hybridized carbons (Fsp3) is 0.100. The first-order valence-electron chi connectivity index (χ1n) is 8.65. The van der Waals surface area contributed by atoms with E-state index >= 15 is 0 Å². The van der Waals surface area contributed by atoms with E-state index in [0.717, 1.165) is 21.9 Å². The molecule has 6 nitrogen and oxygen atoms in total. The van der Waals surface area contributed by atoms with Crippen molar-refractivity contribution in [2.24, 2.45) is 5.73 Å². The molecule has 4 N–H and O–H groups in total. The van der Waals surface area contributed by atoms with Gasteiger partial charge in [0, 0.05) is 35.6 Å². The van der Waals surface area contributed by atoms with Gasteiger partial charge in [0.2, 0.25) is 5.91 Å². The molecule has 1 aromatic heterocycles. The molecule has 1 amide bonds. The van der Waals surface area contributed by atoms with Gasteiger partial charge in [-0.1, -0.05) is 18.2 Å². The lowest BCUT2D eigenvalue weighted by molar-refractivity contribution is -0.117. The van der Waals surface area contributed by atoms with Crippen molar-refractivity contribution in [1.82, 2.24) is 4.98 Å². The second kappa shape index (κ2) is 7.22. The predicted octanol–water partition coefficient (Wildman–Crippen LogP) is 2.34. The van der Waals surface area contributed by atoms with Crippen molar-refractivity contribution in [3.05, 3.63) is 72.0 Å². The first-order valence-corrected chi connectivity index (χ1v) is 8.65. The van der Waals surface area contributed by atoms with E-state index in [-0.39, 0.29) is 12.5 Å². The highest BCUT2D eigenvalue weighted by Gasteiger charge is 2.23. The number of pyridine rings is 1. The van der Waals surface area contributed by atoms with E-state index in [4.69, 9.17) is 10.4 Å². The maximum absolute atomic E-state index is 12.8. The van der Waals surface area contributed by atoms with Crippen molar-refractivity contribution in [1.29, 1.82) is 0 Å². The predicted molar refractivity (Wildman–Crippen MR) is 106 cm³/mol.